The number of benzene rings is 2. The van der Waals surface area contributed by atoms with Crippen molar-refractivity contribution >= 4 is 23.4 Å². The molecule has 2 aromatic carbocycles. The van der Waals surface area contributed by atoms with Gasteiger partial charge in [-0.25, -0.2) is 0 Å². The number of halogens is 1. The third kappa shape index (κ3) is 6.98. The van der Waals surface area contributed by atoms with Crippen LogP contribution in [0.15, 0.2) is 54.6 Å². The molecule has 0 atom stereocenters. The van der Waals surface area contributed by atoms with Crippen molar-refractivity contribution in [2.75, 3.05) is 13.1 Å². The van der Waals surface area contributed by atoms with Gasteiger partial charge in [0.25, 0.3) is 0 Å². The summed E-state index contributed by atoms with van der Waals surface area (Å²) in [5.74, 6) is -0.0774. The summed E-state index contributed by atoms with van der Waals surface area (Å²) in [6.07, 6.45) is 1.04. The molecule has 1 N–H and O–H groups in total. The van der Waals surface area contributed by atoms with Gasteiger partial charge in [0, 0.05) is 38.0 Å². The molecule has 0 saturated carbocycles. The highest BCUT2D eigenvalue weighted by Gasteiger charge is 2.11. The van der Waals surface area contributed by atoms with Crippen molar-refractivity contribution in [3.8, 4) is 0 Å². The Bertz CT molecular complexity index is 687. The van der Waals surface area contributed by atoms with Crippen molar-refractivity contribution in [2.24, 2.45) is 0 Å². The molecule has 5 heteroatoms. The van der Waals surface area contributed by atoms with Crippen LogP contribution in [0.3, 0.4) is 0 Å². The molecular weight excluding hydrogens is 336 g/mol. The minimum absolute atomic E-state index is 0.0233. The van der Waals surface area contributed by atoms with Gasteiger partial charge in [-0.1, -0.05) is 54.1 Å². The van der Waals surface area contributed by atoms with Crippen LogP contribution in [-0.2, 0) is 22.6 Å². The fraction of sp³-hybridized carbons (Fsp3) is 0.300. The zero-order valence-electron chi connectivity index (χ0n) is 14.4. The molecule has 0 fully saturated rings. The van der Waals surface area contributed by atoms with E-state index in [4.69, 9.17) is 11.6 Å². The lowest BCUT2D eigenvalue weighted by atomic mass is 10.1. The summed E-state index contributed by atoms with van der Waals surface area (Å²) in [5.41, 5.74) is 2.17. The molecule has 0 aliphatic heterocycles. The van der Waals surface area contributed by atoms with Crippen molar-refractivity contribution in [3.05, 3.63) is 70.7 Å². The summed E-state index contributed by atoms with van der Waals surface area (Å²) in [4.78, 5) is 25.5. The number of nitrogens with zero attached hydrogens (tertiary/aromatic N) is 1. The summed E-state index contributed by atoms with van der Waals surface area (Å²) < 4.78 is 0. The van der Waals surface area contributed by atoms with Crippen LogP contribution in [0.1, 0.15) is 24.5 Å². The SMILES string of the molecule is CC(=O)N(CCC(=O)NCc1ccccc1)CCc1ccc(Cl)cc1. The van der Waals surface area contributed by atoms with Gasteiger partial charge in [0.1, 0.15) is 0 Å². The Balaban J connectivity index is 1.75. The molecule has 0 spiro atoms. The van der Waals surface area contributed by atoms with E-state index >= 15 is 0 Å². The zero-order chi connectivity index (χ0) is 18.1. The van der Waals surface area contributed by atoms with Gasteiger partial charge >= 0.3 is 0 Å². The number of carbonyl (C=O) groups is 2. The predicted molar refractivity (Wildman–Crippen MR) is 100 cm³/mol. The van der Waals surface area contributed by atoms with Crippen LogP contribution in [-0.4, -0.2) is 29.8 Å². The number of amides is 2. The Kier molecular flexibility index (Phi) is 7.48. The molecule has 0 aliphatic rings. The molecule has 4 nitrogen and oxygen atoms in total. The average molecular weight is 359 g/mol. The summed E-state index contributed by atoms with van der Waals surface area (Å²) in [6, 6.07) is 17.3. The van der Waals surface area contributed by atoms with Crippen LogP contribution in [0.25, 0.3) is 0 Å². The lowest BCUT2D eigenvalue weighted by Crippen LogP contribution is -2.35. The van der Waals surface area contributed by atoms with Gasteiger partial charge in [0.15, 0.2) is 0 Å². The molecule has 2 rings (SSSR count). The van der Waals surface area contributed by atoms with E-state index in [9.17, 15) is 9.59 Å². The largest absolute Gasteiger partial charge is 0.352 e. The molecule has 0 bridgehead atoms. The van der Waals surface area contributed by atoms with Crippen molar-refractivity contribution in [3.63, 3.8) is 0 Å². The quantitative estimate of drug-likeness (QED) is 0.785. The lowest BCUT2D eigenvalue weighted by molar-refractivity contribution is -0.129. The smallest absolute Gasteiger partial charge is 0.222 e. The standard InChI is InChI=1S/C20H23ClN2O2/c1-16(24)23(13-11-17-7-9-19(21)10-8-17)14-12-20(25)22-15-18-5-3-2-4-6-18/h2-10H,11-15H2,1H3,(H,22,25). The Morgan fingerprint density at radius 3 is 2.28 bits per heavy atom. The fourth-order valence-corrected chi connectivity index (χ4v) is 2.59. The molecule has 0 heterocycles. The van der Waals surface area contributed by atoms with E-state index in [-0.39, 0.29) is 11.8 Å². The number of rotatable bonds is 8. The van der Waals surface area contributed by atoms with E-state index in [2.05, 4.69) is 5.32 Å². The maximum absolute atomic E-state index is 12.0. The van der Waals surface area contributed by atoms with Crippen LogP contribution in [0.4, 0.5) is 0 Å². The van der Waals surface area contributed by atoms with Gasteiger partial charge in [-0.3, -0.25) is 9.59 Å². The van der Waals surface area contributed by atoms with Crippen LogP contribution >= 0.6 is 11.6 Å². The minimum Gasteiger partial charge on any atom is -0.352 e. The maximum atomic E-state index is 12.0. The van der Waals surface area contributed by atoms with E-state index in [1.165, 1.54) is 6.92 Å². The van der Waals surface area contributed by atoms with Crippen LogP contribution < -0.4 is 5.32 Å². The molecule has 0 aromatic heterocycles. The van der Waals surface area contributed by atoms with Gasteiger partial charge in [0.05, 0.1) is 0 Å². The molecular formula is C20H23ClN2O2. The number of hydrogen-bond acceptors (Lipinski definition) is 2. The second kappa shape index (κ2) is 9.84. The zero-order valence-corrected chi connectivity index (χ0v) is 15.1. The predicted octanol–water partition coefficient (Wildman–Crippen LogP) is 3.44. The second-order valence-corrected chi connectivity index (χ2v) is 6.33. The Morgan fingerprint density at radius 2 is 1.64 bits per heavy atom. The topological polar surface area (TPSA) is 49.4 Å². The summed E-state index contributed by atoms with van der Waals surface area (Å²) in [5, 5.41) is 3.58. The monoisotopic (exact) mass is 358 g/mol. The van der Waals surface area contributed by atoms with Gasteiger partial charge in [-0.15, -0.1) is 0 Å². The van der Waals surface area contributed by atoms with Crippen molar-refractivity contribution in [2.45, 2.75) is 26.3 Å². The Hall–Kier alpha value is -2.33. The van der Waals surface area contributed by atoms with Crippen LogP contribution in [0.2, 0.25) is 5.02 Å². The average Bonchev–Trinajstić information content (AvgIpc) is 2.62. The highest BCUT2D eigenvalue weighted by Crippen LogP contribution is 2.10. The first kappa shape index (κ1) is 19.0. The normalized spacial score (nSPS) is 10.3. The molecule has 2 aromatic rings. The first-order chi connectivity index (χ1) is 12.0. The first-order valence-corrected chi connectivity index (χ1v) is 8.73. The van der Waals surface area contributed by atoms with Crippen LogP contribution in [0, 0.1) is 0 Å². The lowest BCUT2D eigenvalue weighted by Gasteiger charge is -2.21. The Labute approximate surface area is 153 Å². The van der Waals surface area contributed by atoms with Gasteiger partial charge < -0.3 is 10.2 Å². The fourth-order valence-electron chi connectivity index (χ4n) is 2.46. The summed E-state index contributed by atoms with van der Waals surface area (Å²) in [6.45, 7) is 3.04. The van der Waals surface area contributed by atoms with Crippen molar-refractivity contribution in [1.82, 2.24) is 10.2 Å². The second-order valence-electron chi connectivity index (χ2n) is 5.89. The first-order valence-electron chi connectivity index (χ1n) is 8.35. The Morgan fingerprint density at radius 1 is 0.960 bits per heavy atom. The van der Waals surface area contributed by atoms with E-state index < -0.39 is 0 Å². The van der Waals surface area contributed by atoms with E-state index in [1.807, 2.05) is 54.6 Å². The third-order valence-electron chi connectivity index (χ3n) is 3.97. The van der Waals surface area contributed by atoms with Crippen molar-refractivity contribution in [1.29, 1.82) is 0 Å². The maximum Gasteiger partial charge on any atom is 0.222 e. The number of nitrogens with one attached hydrogen (secondary N) is 1. The highest BCUT2D eigenvalue weighted by molar-refractivity contribution is 6.30. The molecule has 132 valence electrons. The van der Waals surface area contributed by atoms with E-state index in [1.54, 1.807) is 4.90 Å². The molecule has 25 heavy (non-hydrogen) atoms. The van der Waals surface area contributed by atoms with Gasteiger partial charge in [0.2, 0.25) is 11.8 Å². The summed E-state index contributed by atoms with van der Waals surface area (Å²) >= 11 is 5.87. The van der Waals surface area contributed by atoms with Gasteiger partial charge in [-0.2, -0.15) is 0 Å². The third-order valence-corrected chi connectivity index (χ3v) is 4.22. The molecule has 2 amide bonds. The van der Waals surface area contributed by atoms with E-state index in [0.29, 0.717) is 31.1 Å². The highest BCUT2D eigenvalue weighted by atomic mass is 35.5. The molecule has 0 radical (unpaired) electrons. The minimum atomic E-state index is -0.0541. The van der Waals surface area contributed by atoms with E-state index in [0.717, 1.165) is 17.5 Å². The number of hydrogen-bond donors (Lipinski definition) is 1. The van der Waals surface area contributed by atoms with Crippen LogP contribution in [0.5, 0.6) is 0 Å². The number of carbonyl (C=O) groups excluding carboxylic acids is 2. The summed E-state index contributed by atoms with van der Waals surface area (Å²) in [7, 11) is 0. The molecule has 0 unspecified atom stereocenters. The molecule has 0 saturated heterocycles. The molecule has 0 aliphatic carbocycles. The van der Waals surface area contributed by atoms with Crippen molar-refractivity contribution < 1.29 is 9.59 Å². The van der Waals surface area contributed by atoms with Gasteiger partial charge in [-0.05, 0) is 29.7 Å².